The molecule has 0 saturated carbocycles. The van der Waals surface area contributed by atoms with Gasteiger partial charge in [0.15, 0.2) is 0 Å². The van der Waals surface area contributed by atoms with Crippen LogP contribution in [0.15, 0.2) is 24.3 Å². The molecule has 8 N–H and O–H groups in total. The Labute approximate surface area is 200 Å². The Bertz CT molecular complexity index is 835. The number of amides is 5. The Balaban J connectivity index is 2.92. The average molecular weight is 479 g/mol. The summed E-state index contributed by atoms with van der Waals surface area (Å²) in [4.78, 5) is 49.1. The van der Waals surface area contributed by atoms with Gasteiger partial charge in [0, 0.05) is 18.8 Å². The zero-order valence-electron chi connectivity index (χ0n) is 20.6. The van der Waals surface area contributed by atoms with E-state index in [0.717, 1.165) is 5.56 Å². The third-order valence-electron chi connectivity index (χ3n) is 4.68. The standard InChI is InChI=1S/C23H38N6O5/c1-14(2)18(29-22(33)34-23(3,4)5)20(31)28-17(7-6-12-26-21(25)32)19(30)27-16-10-8-15(13-24)9-11-16/h8-11,14,17-18H,6-7,12-13,24H2,1-5H3,(H,27,30)(H,28,31)(H,29,33)(H3,25,26,32)/t17-,18-/m0/s1. The van der Waals surface area contributed by atoms with Crippen LogP contribution in [-0.4, -0.2) is 48.2 Å². The average Bonchev–Trinajstić information content (AvgIpc) is 2.72. The Morgan fingerprint density at radius 3 is 2.12 bits per heavy atom. The number of alkyl carbamates (subject to hydrolysis) is 1. The lowest BCUT2D eigenvalue weighted by molar-refractivity contribution is -0.128. The smallest absolute Gasteiger partial charge is 0.408 e. The second-order valence-electron chi connectivity index (χ2n) is 9.25. The van der Waals surface area contributed by atoms with E-state index in [1.807, 2.05) is 0 Å². The maximum absolute atomic E-state index is 13.0. The molecule has 0 aliphatic heterocycles. The molecule has 0 radical (unpaired) electrons. The highest BCUT2D eigenvalue weighted by molar-refractivity contribution is 5.98. The minimum Gasteiger partial charge on any atom is -0.444 e. The number of benzene rings is 1. The van der Waals surface area contributed by atoms with Crippen molar-refractivity contribution in [1.29, 1.82) is 0 Å². The topological polar surface area (TPSA) is 178 Å². The van der Waals surface area contributed by atoms with Gasteiger partial charge >= 0.3 is 12.1 Å². The zero-order valence-corrected chi connectivity index (χ0v) is 20.6. The van der Waals surface area contributed by atoms with E-state index in [-0.39, 0.29) is 18.9 Å². The van der Waals surface area contributed by atoms with Crippen LogP contribution in [0.1, 0.15) is 53.0 Å². The van der Waals surface area contributed by atoms with E-state index in [1.165, 1.54) is 0 Å². The van der Waals surface area contributed by atoms with E-state index in [0.29, 0.717) is 18.7 Å². The molecule has 0 aliphatic rings. The monoisotopic (exact) mass is 478 g/mol. The summed E-state index contributed by atoms with van der Waals surface area (Å²) >= 11 is 0. The van der Waals surface area contributed by atoms with Gasteiger partial charge in [0.2, 0.25) is 11.8 Å². The first kappa shape index (κ1) is 28.7. The predicted molar refractivity (Wildman–Crippen MR) is 130 cm³/mol. The lowest BCUT2D eigenvalue weighted by Crippen LogP contribution is -2.55. The van der Waals surface area contributed by atoms with Gasteiger partial charge < -0.3 is 37.5 Å². The van der Waals surface area contributed by atoms with Crippen molar-refractivity contribution >= 4 is 29.6 Å². The first-order chi connectivity index (χ1) is 15.8. The lowest BCUT2D eigenvalue weighted by atomic mass is 10.0. The third kappa shape index (κ3) is 11.0. The van der Waals surface area contributed by atoms with Crippen LogP contribution in [0.25, 0.3) is 0 Å². The highest BCUT2D eigenvalue weighted by atomic mass is 16.6. The number of nitrogens with one attached hydrogen (secondary N) is 4. The highest BCUT2D eigenvalue weighted by Crippen LogP contribution is 2.12. The van der Waals surface area contributed by atoms with Crippen LogP contribution in [0.3, 0.4) is 0 Å². The van der Waals surface area contributed by atoms with Crippen LogP contribution < -0.4 is 32.7 Å². The van der Waals surface area contributed by atoms with Crippen molar-refractivity contribution in [1.82, 2.24) is 16.0 Å². The summed E-state index contributed by atoms with van der Waals surface area (Å²) in [5, 5.41) is 10.5. The first-order valence-corrected chi connectivity index (χ1v) is 11.3. The van der Waals surface area contributed by atoms with Crippen molar-refractivity contribution in [3.63, 3.8) is 0 Å². The summed E-state index contributed by atoms with van der Waals surface area (Å²) < 4.78 is 5.25. The number of primary amides is 1. The summed E-state index contributed by atoms with van der Waals surface area (Å²) in [6, 6.07) is 4.50. The molecular weight excluding hydrogens is 440 g/mol. The second-order valence-corrected chi connectivity index (χ2v) is 9.25. The van der Waals surface area contributed by atoms with E-state index in [9.17, 15) is 19.2 Å². The van der Waals surface area contributed by atoms with Gasteiger partial charge in [-0.3, -0.25) is 9.59 Å². The van der Waals surface area contributed by atoms with Gasteiger partial charge in [-0.1, -0.05) is 26.0 Å². The molecule has 2 atom stereocenters. The first-order valence-electron chi connectivity index (χ1n) is 11.3. The summed E-state index contributed by atoms with van der Waals surface area (Å²) in [7, 11) is 0. The van der Waals surface area contributed by atoms with Crippen LogP contribution in [0, 0.1) is 5.92 Å². The fourth-order valence-electron chi connectivity index (χ4n) is 2.97. The maximum atomic E-state index is 13.0. The molecule has 0 fully saturated rings. The number of rotatable bonds is 11. The number of anilines is 1. The van der Waals surface area contributed by atoms with Gasteiger partial charge in [0.25, 0.3) is 0 Å². The summed E-state index contributed by atoms with van der Waals surface area (Å²) in [5.74, 6) is -1.23. The van der Waals surface area contributed by atoms with E-state index in [4.69, 9.17) is 16.2 Å². The molecule has 1 aromatic rings. The van der Waals surface area contributed by atoms with Gasteiger partial charge in [-0.15, -0.1) is 0 Å². The Morgan fingerprint density at radius 1 is 1.00 bits per heavy atom. The fraction of sp³-hybridized carbons (Fsp3) is 0.565. The normalized spacial score (nSPS) is 12.9. The summed E-state index contributed by atoms with van der Waals surface area (Å²) in [6.45, 7) is 9.32. The molecule has 0 spiro atoms. The van der Waals surface area contributed by atoms with Crippen molar-refractivity contribution in [3.8, 4) is 0 Å². The number of hydrogen-bond donors (Lipinski definition) is 6. The van der Waals surface area contributed by atoms with Crippen LogP contribution >= 0.6 is 0 Å². The van der Waals surface area contributed by atoms with Gasteiger partial charge in [0.1, 0.15) is 17.7 Å². The molecule has 190 valence electrons. The number of hydrogen-bond acceptors (Lipinski definition) is 6. The van der Waals surface area contributed by atoms with Crippen LogP contribution in [0.2, 0.25) is 0 Å². The van der Waals surface area contributed by atoms with Crippen molar-refractivity contribution < 1.29 is 23.9 Å². The van der Waals surface area contributed by atoms with E-state index < -0.39 is 41.6 Å². The number of nitrogens with two attached hydrogens (primary N) is 2. The van der Waals surface area contributed by atoms with Gasteiger partial charge in [-0.2, -0.15) is 0 Å². The molecule has 34 heavy (non-hydrogen) atoms. The van der Waals surface area contributed by atoms with Crippen molar-refractivity contribution in [2.24, 2.45) is 17.4 Å². The van der Waals surface area contributed by atoms with Crippen molar-refractivity contribution in [3.05, 3.63) is 29.8 Å². The Hall–Kier alpha value is -3.34. The fourth-order valence-corrected chi connectivity index (χ4v) is 2.97. The summed E-state index contributed by atoms with van der Waals surface area (Å²) in [6.07, 6.45) is -0.108. The van der Waals surface area contributed by atoms with Crippen molar-refractivity contribution in [2.75, 3.05) is 11.9 Å². The SMILES string of the molecule is CC(C)[C@H](NC(=O)OC(C)(C)C)C(=O)N[C@@H](CCCNC(N)=O)C(=O)Nc1ccc(CN)cc1. The largest absolute Gasteiger partial charge is 0.444 e. The molecule has 0 aliphatic carbocycles. The molecule has 1 rings (SSSR count). The predicted octanol–water partition coefficient (Wildman–Crippen LogP) is 1.57. The zero-order chi connectivity index (χ0) is 25.9. The highest BCUT2D eigenvalue weighted by Gasteiger charge is 2.30. The Kier molecular flexibility index (Phi) is 11.3. The molecule has 11 heteroatoms. The molecule has 0 heterocycles. The molecular formula is C23H38N6O5. The van der Waals surface area contributed by atoms with Crippen LogP contribution in [0.5, 0.6) is 0 Å². The van der Waals surface area contributed by atoms with Crippen LogP contribution in [0.4, 0.5) is 15.3 Å². The Morgan fingerprint density at radius 2 is 1.62 bits per heavy atom. The maximum Gasteiger partial charge on any atom is 0.408 e. The van der Waals surface area contributed by atoms with Crippen LogP contribution in [-0.2, 0) is 20.9 Å². The van der Waals surface area contributed by atoms with Gasteiger partial charge in [0.05, 0.1) is 0 Å². The van der Waals surface area contributed by atoms with Gasteiger partial charge in [-0.05, 0) is 57.2 Å². The number of ether oxygens (including phenoxy) is 1. The minimum absolute atomic E-state index is 0.232. The molecule has 5 amide bonds. The van der Waals surface area contributed by atoms with E-state index in [1.54, 1.807) is 58.9 Å². The molecule has 1 aromatic carbocycles. The quantitative estimate of drug-likeness (QED) is 0.263. The number of carbonyl (C=O) groups excluding carboxylic acids is 4. The third-order valence-corrected chi connectivity index (χ3v) is 4.68. The molecule has 0 unspecified atom stereocenters. The lowest BCUT2D eigenvalue weighted by Gasteiger charge is -2.27. The van der Waals surface area contributed by atoms with E-state index >= 15 is 0 Å². The summed E-state index contributed by atoms with van der Waals surface area (Å²) in [5.41, 5.74) is 11.4. The minimum atomic E-state index is -0.919. The molecule has 11 nitrogen and oxygen atoms in total. The van der Waals surface area contributed by atoms with E-state index in [2.05, 4.69) is 21.3 Å². The van der Waals surface area contributed by atoms with Crippen molar-refractivity contribution in [2.45, 2.75) is 71.7 Å². The second kappa shape index (κ2) is 13.4. The molecule has 0 saturated heterocycles. The number of urea groups is 1. The molecule has 0 aromatic heterocycles. The molecule has 0 bridgehead atoms. The number of carbonyl (C=O) groups is 4. The van der Waals surface area contributed by atoms with Gasteiger partial charge in [-0.25, -0.2) is 9.59 Å².